The van der Waals surface area contributed by atoms with Crippen LogP contribution >= 0.6 is 15.9 Å². The average molecular weight is 283 g/mol. The molecular formula is C14H19BrO. The molecule has 1 aliphatic heterocycles. The molecule has 2 heteroatoms. The van der Waals surface area contributed by atoms with Crippen molar-refractivity contribution in [2.75, 3.05) is 11.9 Å². The zero-order chi connectivity index (χ0) is 11.5. The molecule has 1 aliphatic rings. The molecule has 16 heavy (non-hydrogen) atoms. The van der Waals surface area contributed by atoms with Gasteiger partial charge in [-0.2, -0.15) is 0 Å². The van der Waals surface area contributed by atoms with Crippen molar-refractivity contribution >= 4 is 15.9 Å². The fourth-order valence-electron chi connectivity index (χ4n) is 2.30. The quantitative estimate of drug-likeness (QED) is 0.752. The number of benzene rings is 1. The lowest BCUT2D eigenvalue weighted by Crippen LogP contribution is -2.15. The minimum atomic E-state index is 0.584. The van der Waals surface area contributed by atoms with Crippen LogP contribution in [0, 0.1) is 11.8 Å². The van der Waals surface area contributed by atoms with Crippen molar-refractivity contribution in [3.05, 3.63) is 29.8 Å². The van der Waals surface area contributed by atoms with E-state index >= 15 is 0 Å². The molecule has 0 saturated heterocycles. The van der Waals surface area contributed by atoms with Crippen molar-refractivity contribution in [1.82, 2.24) is 0 Å². The molecule has 1 nitrogen and oxygen atoms in total. The normalized spacial score (nSPS) is 20.6. The molecule has 0 fully saturated rings. The number of alkyl halides is 1. The van der Waals surface area contributed by atoms with Crippen LogP contribution in [0.3, 0.4) is 0 Å². The predicted molar refractivity (Wildman–Crippen MR) is 71.4 cm³/mol. The van der Waals surface area contributed by atoms with Gasteiger partial charge in [-0.15, -0.1) is 0 Å². The van der Waals surface area contributed by atoms with Gasteiger partial charge in [-0.25, -0.2) is 0 Å². The molecule has 0 spiro atoms. The Balaban J connectivity index is 2.08. The second kappa shape index (κ2) is 5.22. The van der Waals surface area contributed by atoms with Crippen LogP contribution < -0.4 is 4.74 Å². The summed E-state index contributed by atoms with van der Waals surface area (Å²) in [6.45, 7) is 5.46. The SMILES string of the molecule is CC(C)C(CBr)CC1COc2ccccc21. The summed E-state index contributed by atoms with van der Waals surface area (Å²) in [5, 5.41) is 1.09. The van der Waals surface area contributed by atoms with E-state index in [0.29, 0.717) is 5.92 Å². The lowest BCUT2D eigenvalue weighted by atomic mass is 9.85. The van der Waals surface area contributed by atoms with Gasteiger partial charge in [-0.1, -0.05) is 48.0 Å². The largest absolute Gasteiger partial charge is 0.493 e. The van der Waals surface area contributed by atoms with E-state index in [4.69, 9.17) is 4.74 Å². The van der Waals surface area contributed by atoms with Crippen molar-refractivity contribution in [3.8, 4) is 5.75 Å². The van der Waals surface area contributed by atoms with Gasteiger partial charge in [0.1, 0.15) is 5.75 Å². The number of ether oxygens (including phenoxy) is 1. The third-order valence-electron chi connectivity index (χ3n) is 3.53. The summed E-state index contributed by atoms with van der Waals surface area (Å²) in [6.07, 6.45) is 1.22. The third-order valence-corrected chi connectivity index (χ3v) is 4.36. The molecule has 2 rings (SSSR count). The van der Waals surface area contributed by atoms with Crippen molar-refractivity contribution in [2.24, 2.45) is 11.8 Å². The summed E-state index contributed by atoms with van der Waals surface area (Å²) in [5.74, 6) is 3.14. The van der Waals surface area contributed by atoms with Gasteiger partial charge in [0, 0.05) is 16.8 Å². The number of fused-ring (bicyclic) bond motifs is 1. The molecule has 2 atom stereocenters. The lowest BCUT2D eigenvalue weighted by Gasteiger charge is -2.21. The maximum atomic E-state index is 5.72. The number of hydrogen-bond acceptors (Lipinski definition) is 1. The van der Waals surface area contributed by atoms with Crippen LogP contribution in [-0.4, -0.2) is 11.9 Å². The van der Waals surface area contributed by atoms with Crippen LogP contribution in [0.2, 0.25) is 0 Å². The molecule has 0 aromatic heterocycles. The minimum Gasteiger partial charge on any atom is -0.493 e. The van der Waals surface area contributed by atoms with E-state index in [0.717, 1.165) is 29.5 Å². The van der Waals surface area contributed by atoms with E-state index in [-0.39, 0.29) is 0 Å². The van der Waals surface area contributed by atoms with Gasteiger partial charge in [0.25, 0.3) is 0 Å². The van der Waals surface area contributed by atoms with Crippen molar-refractivity contribution in [2.45, 2.75) is 26.2 Å². The second-order valence-corrected chi connectivity index (χ2v) is 5.59. The summed E-state index contributed by atoms with van der Waals surface area (Å²) in [6, 6.07) is 8.44. The number of rotatable bonds is 4. The lowest BCUT2D eigenvalue weighted by molar-refractivity contribution is 0.292. The Kier molecular flexibility index (Phi) is 3.91. The zero-order valence-corrected chi connectivity index (χ0v) is 11.5. The summed E-state index contributed by atoms with van der Waals surface area (Å²) in [7, 11) is 0. The Morgan fingerprint density at radius 3 is 2.81 bits per heavy atom. The molecule has 0 saturated carbocycles. The van der Waals surface area contributed by atoms with Gasteiger partial charge < -0.3 is 4.74 Å². The first-order chi connectivity index (χ1) is 7.72. The highest BCUT2D eigenvalue weighted by atomic mass is 79.9. The highest BCUT2D eigenvalue weighted by Crippen LogP contribution is 2.38. The second-order valence-electron chi connectivity index (χ2n) is 4.94. The van der Waals surface area contributed by atoms with Crippen molar-refractivity contribution in [1.29, 1.82) is 0 Å². The molecule has 0 aliphatic carbocycles. The molecule has 1 heterocycles. The Labute approximate surface area is 106 Å². The van der Waals surface area contributed by atoms with Gasteiger partial charge in [0.05, 0.1) is 6.61 Å². The topological polar surface area (TPSA) is 9.23 Å². The highest BCUT2D eigenvalue weighted by molar-refractivity contribution is 9.09. The summed E-state index contributed by atoms with van der Waals surface area (Å²) >= 11 is 3.62. The number of para-hydroxylation sites is 1. The van der Waals surface area contributed by atoms with E-state index < -0.39 is 0 Å². The molecule has 1 aromatic carbocycles. The van der Waals surface area contributed by atoms with Crippen molar-refractivity contribution in [3.63, 3.8) is 0 Å². The van der Waals surface area contributed by atoms with Crippen LogP contribution in [-0.2, 0) is 0 Å². The summed E-state index contributed by atoms with van der Waals surface area (Å²) < 4.78 is 5.72. The van der Waals surface area contributed by atoms with Gasteiger partial charge in [0.2, 0.25) is 0 Å². The monoisotopic (exact) mass is 282 g/mol. The summed E-state index contributed by atoms with van der Waals surface area (Å²) in [4.78, 5) is 0. The molecule has 0 amide bonds. The first-order valence-electron chi connectivity index (χ1n) is 6.00. The van der Waals surface area contributed by atoms with E-state index in [1.807, 2.05) is 6.07 Å². The van der Waals surface area contributed by atoms with E-state index in [1.165, 1.54) is 12.0 Å². The maximum absolute atomic E-state index is 5.72. The van der Waals surface area contributed by atoms with Gasteiger partial charge in [-0.3, -0.25) is 0 Å². The smallest absolute Gasteiger partial charge is 0.122 e. The van der Waals surface area contributed by atoms with E-state index in [2.05, 4.69) is 48.0 Å². The van der Waals surface area contributed by atoms with Crippen LogP contribution in [0.25, 0.3) is 0 Å². The predicted octanol–water partition coefficient (Wildman–Crippen LogP) is 4.22. The van der Waals surface area contributed by atoms with Gasteiger partial charge in [-0.05, 0) is 24.3 Å². The molecule has 0 bridgehead atoms. The maximum Gasteiger partial charge on any atom is 0.122 e. The summed E-state index contributed by atoms with van der Waals surface area (Å²) in [5.41, 5.74) is 1.40. The molecule has 2 unspecified atom stereocenters. The molecule has 1 aromatic rings. The van der Waals surface area contributed by atoms with E-state index in [9.17, 15) is 0 Å². The fourth-order valence-corrected chi connectivity index (χ4v) is 3.32. The average Bonchev–Trinajstić information content (AvgIpc) is 2.69. The van der Waals surface area contributed by atoms with Crippen LogP contribution in [0.5, 0.6) is 5.75 Å². The Bertz CT molecular complexity index is 348. The van der Waals surface area contributed by atoms with Gasteiger partial charge >= 0.3 is 0 Å². The Morgan fingerprint density at radius 2 is 2.12 bits per heavy atom. The van der Waals surface area contributed by atoms with Crippen LogP contribution in [0.15, 0.2) is 24.3 Å². The van der Waals surface area contributed by atoms with Crippen LogP contribution in [0.1, 0.15) is 31.7 Å². The third kappa shape index (κ3) is 2.42. The highest BCUT2D eigenvalue weighted by Gasteiger charge is 2.27. The van der Waals surface area contributed by atoms with Crippen LogP contribution in [0.4, 0.5) is 0 Å². The van der Waals surface area contributed by atoms with Gasteiger partial charge in [0.15, 0.2) is 0 Å². The van der Waals surface area contributed by atoms with E-state index in [1.54, 1.807) is 0 Å². The molecule has 88 valence electrons. The molecular weight excluding hydrogens is 264 g/mol. The standard InChI is InChI=1S/C14H19BrO/c1-10(2)11(8-15)7-12-9-16-14-6-4-3-5-13(12)14/h3-6,10-12H,7-9H2,1-2H3. The Hall–Kier alpha value is -0.500. The molecule has 0 radical (unpaired) electrons. The number of halogens is 1. The number of hydrogen-bond donors (Lipinski definition) is 0. The molecule has 0 N–H and O–H groups in total. The Morgan fingerprint density at radius 1 is 1.38 bits per heavy atom. The fraction of sp³-hybridized carbons (Fsp3) is 0.571. The zero-order valence-electron chi connectivity index (χ0n) is 9.95. The minimum absolute atomic E-state index is 0.584. The first kappa shape index (κ1) is 12.0. The first-order valence-corrected chi connectivity index (χ1v) is 7.12. The van der Waals surface area contributed by atoms with Crippen molar-refractivity contribution < 1.29 is 4.74 Å².